The average molecular weight is 322 g/mol. The molecule has 0 spiro atoms. The summed E-state index contributed by atoms with van der Waals surface area (Å²) in [6.07, 6.45) is 0.909. The molecule has 1 rings (SSSR count). The summed E-state index contributed by atoms with van der Waals surface area (Å²) < 4.78 is 10.4. The van der Waals surface area contributed by atoms with Crippen molar-refractivity contribution in [1.29, 1.82) is 0 Å². The second kappa shape index (κ2) is 7.35. The third-order valence-electron chi connectivity index (χ3n) is 2.69. The standard InChI is InChI=1S/C13H17Cl2O3P/c1-5-7(2)19-13(16)10-11(17-3)8(14)6-9(15)12(10)18-4/h6-7,16H,5H2,1-4H3/p-1. The molecule has 0 saturated carbocycles. The van der Waals surface area contributed by atoms with Crippen molar-refractivity contribution in [2.45, 2.75) is 25.9 Å². The van der Waals surface area contributed by atoms with E-state index in [1.807, 2.05) is 13.8 Å². The first-order valence-electron chi connectivity index (χ1n) is 5.81. The van der Waals surface area contributed by atoms with Crippen molar-refractivity contribution in [2.75, 3.05) is 14.2 Å². The Bertz CT molecular complexity index is 461. The number of methoxy groups -OCH3 is 2. The van der Waals surface area contributed by atoms with E-state index in [1.165, 1.54) is 20.3 Å². The minimum absolute atomic E-state index is 0.104. The molecule has 1 unspecified atom stereocenters. The lowest BCUT2D eigenvalue weighted by atomic mass is 10.2. The van der Waals surface area contributed by atoms with Gasteiger partial charge < -0.3 is 14.6 Å². The van der Waals surface area contributed by atoms with Crippen LogP contribution in [0.1, 0.15) is 25.8 Å². The van der Waals surface area contributed by atoms with Gasteiger partial charge >= 0.3 is 0 Å². The molecule has 106 valence electrons. The van der Waals surface area contributed by atoms with Gasteiger partial charge in [-0.3, -0.25) is 0 Å². The molecule has 1 aromatic rings. The first kappa shape index (κ1) is 16.6. The van der Waals surface area contributed by atoms with Crippen LogP contribution in [0.2, 0.25) is 10.0 Å². The summed E-state index contributed by atoms with van der Waals surface area (Å²) in [6, 6.07) is 1.51. The van der Waals surface area contributed by atoms with Gasteiger partial charge in [-0.05, 0) is 18.1 Å². The van der Waals surface area contributed by atoms with Crippen molar-refractivity contribution >= 4 is 36.9 Å². The molecule has 1 atom stereocenters. The number of benzene rings is 1. The van der Waals surface area contributed by atoms with Crippen molar-refractivity contribution in [2.24, 2.45) is 0 Å². The molecule has 6 heteroatoms. The normalized spacial score (nSPS) is 13.3. The Labute approximate surface area is 125 Å². The van der Waals surface area contributed by atoms with Gasteiger partial charge in [0.25, 0.3) is 0 Å². The fraction of sp³-hybridized carbons (Fsp3) is 0.462. The van der Waals surface area contributed by atoms with E-state index < -0.39 is 0 Å². The highest BCUT2D eigenvalue weighted by atomic mass is 35.5. The van der Waals surface area contributed by atoms with Gasteiger partial charge in [0.1, 0.15) is 11.5 Å². The molecular weight excluding hydrogens is 306 g/mol. The van der Waals surface area contributed by atoms with Crippen molar-refractivity contribution in [3.8, 4) is 11.5 Å². The summed E-state index contributed by atoms with van der Waals surface area (Å²) >= 11 is 12.1. The quantitative estimate of drug-likeness (QED) is 0.778. The third kappa shape index (κ3) is 3.76. The predicted octanol–water partition coefficient (Wildman–Crippen LogP) is 3.59. The third-order valence-corrected chi connectivity index (χ3v) is 4.52. The highest BCUT2D eigenvalue weighted by Gasteiger charge is 2.17. The van der Waals surface area contributed by atoms with E-state index >= 15 is 0 Å². The summed E-state index contributed by atoms with van der Waals surface area (Å²) in [5, 5.41) is 13.0. The van der Waals surface area contributed by atoms with Crippen molar-refractivity contribution in [3.05, 3.63) is 21.7 Å². The van der Waals surface area contributed by atoms with Crippen LogP contribution in [0.3, 0.4) is 0 Å². The molecule has 0 fully saturated rings. The predicted molar refractivity (Wildman–Crippen MR) is 80.3 cm³/mol. The second-order valence-electron chi connectivity index (χ2n) is 3.97. The van der Waals surface area contributed by atoms with E-state index in [4.69, 9.17) is 32.7 Å². The minimum atomic E-state index is -0.104. The van der Waals surface area contributed by atoms with Crippen LogP contribution in [0.4, 0.5) is 0 Å². The summed E-state index contributed by atoms with van der Waals surface area (Å²) in [5.74, 6) is 0.618. The lowest BCUT2D eigenvalue weighted by molar-refractivity contribution is -0.207. The zero-order chi connectivity index (χ0) is 14.6. The average Bonchev–Trinajstić information content (AvgIpc) is 2.37. The fourth-order valence-corrected chi connectivity index (χ4v) is 3.07. The first-order chi connectivity index (χ1) is 8.96. The maximum absolute atomic E-state index is 12.4. The van der Waals surface area contributed by atoms with Gasteiger partial charge in [-0.15, -0.1) is 13.7 Å². The van der Waals surface area contributed by atoms with Crippen LogP contribution in [0.15, 0.2) is 6.07 Å². The molecule has 0 aliphatic heterocycles. The monoisotopic (exact) mass is 321 g/mol. The maximum Gasteiger partial charge on any atom is 0.147 e. The van der Waals surface area contributed by atoms with Crippen LogP contribution in [-0.4, -0.2) is 25.4 Å². The zero-order valence-electron chi connectivity index (χ0n) is 11.3. The molecule has 0 bridgehead atoms. The summed E-state index contributed by atoms with van der Waals surface area (Å²) in [4.78, 5) is 0. The molecular formula is C13H16Cl2O3P-. The molecule has 0 amide bonds. The molecule has 0 aromatic heterocycles. The Kier molecular flexibility index (Phi) is 6.41. The fourth-order valence-electron chi connectivity index (χ4n) is 1.53. The Morgan fingerprint density at radius 3 is 2.11 bits per heavy atom. The summed E-state index contributed by atoms with van der Waals surface area (Å²) in [7, 11) is 3.60. The molecule has 1 aromatic carbocycles. The van der Waals surface area contributed by atoms with Crippen LogP contribution in [0, 0.1) is 0 Å². The minimum Gasteiger partial charge on any atom is -0.823 e. The van der Waals surface area contributed by atoms with Gasteiger partial charge in [-0.25, -0.2) is 0 Å². The van der Waals surface area contributed by atoms with Crippen molar-refractivity contribution in [3.63, 3.8) is 0 Å². The van der Waals surface area contributed by atoms with Crippen LogP contribution in [0.5, 0.6) is 11.5 Å². The van der Waals surface area contributed by atoms with Crippen molar-refractivity contribution < 1.29 is 14.6 Å². The lowest BCUT2D eigenvalue weighted by Gasteiger charge is -2.22. The van der Waals surface area contributed by atoms with Crippen LogP contribution >= 0.6 is 31.4 Å². The number of hydrogen-bond donors (Lipinski definition) is 0. The number of ether oxygens (including phenoxy) is 2. The van der Waals surface area contributed by atoms with Gasteiger partial charge in [0.15, 0.2) is 0 Å². The van der Waals surface area contributed by atoms with E-state index in [1.54, 1.807) is 0 Å². The topological polar surface area (TPSA) is 41.5 Å². The van der Waals surface area contributed by atoms with Gasteiger partial charge in [0.05, 0.1) is 29.8 Å². The van der Waals surface area contributed by atoms with Gasteiger partial charge in [0, 0.05) is 0 Å². The SMILES string of the molecule is CCC(C)P=C([O-])c1c(OC)c(Cl)cc(Cl)c1OC. The molecule has 0 heterocycles. The van der Waals surface area contributed by atoms with Crippen LogP contribution in [-0.2, 0) is 0 Å². The summed E-state index contributed by atoms with van der Waals surface area (Å²) in [6.45, 7) is 4.04. The smallest absolute Gasteiger partial charge is 0.147 e. The van der Waals surface area contributed by atoms with Crippen LogP contribution in [0.25, 0.3) is 0 Å². The van der Waals surface area contributed by atoms with E-state index in [-0.39, 0.29) is 11.1 Å². The largest absolute Gasteiger partial charge is 0.823 e. The van der Waals surface area contributed by atoms with Crippen molar-refractivity contribution in [1.82, 2.24) is 0 Å². The van der Waals surface area contributed by atoms with E-state index in [0.717, 1.165) is 6.42 Å². The van der Waals surface area contributed by atoms with Gasteiger partial charge in [-0.1, -0.05) is 37.0 Å². The van der Waals surface area contributed by atoms with E-state index in [9.17, 15) is 5.11 Å². The first-order valence-corrected chi connectivity index (χ1v) is 7.53. The molecule has 0 aliphatic rings. The lowest BCUT2D eigenvalue weighted by Crippen LogP contribution is -2.20. The number of rotatable bonds is 5. The number of hydrogen-bond acceptors (Lipinski definition) is 3. The second-order valence-corrected chi connectivity index (χ2v) is 6.33. The molecule has 0 saturated heterocycles. The molecule has 0 N–H and O–H groups in total. The molecule has 19 heavy (non-hydrogen) atoms. The Hall–Kier alpha value is -0.470. The number of halogens is 2. The molecule has 3 nitrogen and oxygen atoms in total. The summed E-state index contributed by atoms with van der Waals surface area (Å²) in [5.41, 5.74) is 0.455. The van der Waals surface area contributed by atoms with E-state index in [2.05, 4.69) is 0 Å². The van der Waals surface area contributed by atoms with E-state index in [0.29, 0.717) is 35.3 Å². The highest BCUT2D eigenvalue weighted by molar-refractivity contribution is 7.41. The highest BCUT2D eigenvalue weighted by Crippen LogP contribution is 2.41. The Morgan fingerprint density at radius 2 is 1.74 bits per heavy atom. The maximum atomic E-state index is 12.4. The van der Waals surface area contributed by atoms with Gasteiger partial charge in [0.2, 0.25) is 0 Å². The Balaban J connectivity index is 3.50. The Morgan fingerprint density at radius 1 is 1.26 bits per heavy atom. The molecule has 0 radical (unpaired) electrons. The zero-order valence-corrected chi connectivity index (χ0v) is 13.7. The van der Waals surface area contributed by atoms with Crippen LogP contribution < -0.4 is 14.6 Å². The van der Waals surface area contributed by atoms with Gasteiger partial charge in [-0.2, -0.15) is 0 Å². The molecule has 0 aliphatic carbocycles.